The van der Waals surface area contributed by atoms with Gasteiger partial charge in [0.25, 0.3) is 0 Å². The van der Waals surface area contributed by atoms with Crippen molar-refractivity contribution in [3.63, 3.8) is 0 Å². The summed E-state index contributed by atoms with van der Waals surface area (Å²) in [6.07, 6.45) is 2.34. The normalized spacial score (nSPS) is 17.3. The fraction of sp³-hybridized carbons (Fsp3) is 0.647. The molecule has 1 unspecified atom stereocenters. The average Bonchev–Trinajstić information content (AvgIpc) is 2.54. The second-order valence-corrected chi connectivity index (χ2v) is 6.01. The first kappa shape index (κ1) is 19.9. The van der Waals surface area contributed by atoms with E-state index >= 15 is 0 Å². The van der Waals surface area contributed by atoms with E-state index in [1.54, 1.807) is 21.3 Å². The van der Waals surface area contributed by atoms with Gasteiger partial charge in [0.1, 0.15) is 0 Å². The molecule has 2 rings (SSSR count). The minimum atomic E-state index is 0. The monoisotopic (exact) mass is 344 g/mol. The molecule has 1 aliphatic rings. The van der Waals surface area contributed by atoms with Crippen LogP contribution >= 0.6 is 12.4 Å². The second kappa shape index (κ2) is 9.21. The Morgan fingerprint density at radius 2 is 1.61 bits per heavy atom. The molecule has 1 fully saturated rings. The number of rotatable bonds is 6. The van der Waals surface area contributed by atoms with Crippen LogP contribution in [0.5, 0.6) is 17.2 Å². The summed E-state index contributed by atoms with van der Waals surface area (Å²) in [5.41, 5.74) is 7.18. The van der Waals surface area contributed by atoms with Gasteiger partial charge in [-0.1, -0.05) is 0 Å². The molecule has 6 heteroatoms. The second-order valence-electron chi connectivity index (χ2n) is 6.01. The maximum atomic E-state index is 6.01. The Kier molecular flexibility index (Phi) is 7.95. The van der Waals surface area contributed by atoms with Gasteiger partial charge in [-0.15, -0.1) is 12.4 Å². The van der Waals surface area contributed by atoms with Crippen LogP contribution in [0.15, 0.2) is 12.1 Å². The molecular weight excluding hydrogens is 316 g/mol. The first-order valence-corrected chi connectivity index (χ1v) is 7.85. The van der Waals surface area contributed by atoms with Crippen LogP contribution < -0.4 is 19.9 Å². The van der Waals surface area contributed by atoms with Gasteiger partial charge in [-0.05, 0) is 56.5 Å². The summed E-state index contributed by atoms with van der Waals surface area (Å²) in [7, 11) is 4.92. The van der Waals surface area contributed by atoms with Gasteiger partial charge in [0.05, 0.1) is 21.3 Å². The zero-order valence-electron chi connectivity index (χ0n) is 14.5. The predicted octanol–water partition coefficient (Wildman–Crippen LogP) is 2.69. The summed E-state index contributed by atoms with van der Waals surface area (Å²) in [5, 5.41) is 0. The number of piperidine rings is 1. The third-order valence-corrected chi connectivity index (χ3v) is 4.51. The number of nitrogens with zero attached hydrogens (tertiary/aromatic N) is 1. The standard InChI is InChI=1S/C17H28N2O3.ClH/c1-12(18)14-5-7-19(8-6-14)11-13-9-15(20-2)17(22-4)16(10-13)21-3;/h9-10,12,14H,5-8,11,18H2,1-4H3;1H. The smallest absolute Gasteiger partial charge is 0.203 e. The quantitative estimate of drug-likeness (QED) is 0.859. The molecule has 5 nitrogen and oxygen atoms in total. The van der Waals surface area contributed by atoms with Crippen LogP contribution in [0, 0.1) is 5.92 Å². The molecule has 0 aromatic heterocycles. The van der Waals surface area contributed by atoms with E-state index in [9.17, 15) is 0 Å². The van der Waals surface area contributed by atoms with Gasteiger partial charge >= 0.3 is 0 Å². The van der Waals surface area contributed by atoms with Crippen molar-refractivity contribution in [1.82, 2.24) is 4.90 Å². The summed E-state index contributed by atoms with van der Waals surface area (Å²) in [6.45, 7) is 5.17. The lowest BCUT2D eigenvalue weighted by molar-refractivity contribution is 0.165. The number of benzene rings is 1. The molecule has 0 radical (unpaired) electrons. The number of nitrogens with two attached hydrogens (primary N) is 1. The lowest BCUT2D eigenvalue weighted by Crippen LogP contribution is -2.39. The van der Waals surface area contributed by atoms with Crippen LogP contribution in [0.4, 0.5) is 0 Å². The zero-order chi connectivity index (χ0) is 16.1. The maximum absolute atomic E-state index is 6.01. The van der Waals surface area contributed by atoms with E-state index in [-0.39, 0.29) is 12.4 Å². The van der Waals surface area contributed by atoms with Gasteiger partial charge in [0, 0.05) is 12.6 Å². The van der Waals surface area contributed by atoms with Crippen molar-refractivity contribution in [2.24, 2.45) is 11.7 Å². The van der Waals surface area contributed by atoms with Gasteiger partial charge in [-0.25, -0.2) is 0 Å². The van der Waals surface area contributed by atoms with Gasteiger partial charge < -0.3 is 19.9 Å². The van der Waals surface area contributed by atoms with Crippen molar-refractivity contribution in [2.45, 2.75) is 32.4 Å². The molecule has 0 amide bonds. The van der Waals surface area contributed by atoms with Crippen molar-refractivity contribution >= 4 is 12.4 Å². The molecule has 0 saturated carbocycles. The number of methoxy groups -OCH3 is 3. The lowest BCUT2D eigenvalue weighted by atomic mass is 9.91. The Bertz CT molecular complexity index is 464. The SMILES string of the molecule is COc1cc(CN2CCC(C(C)N)CC2)cc(OC)c1OC.Cl. The van der Waals surface area contributed by atoms with E-state index < -0.39 is 0 Å². The number of ether oxygens (including phenoxy) is 3. The molecule has 1 aromatic rings. The van der Waals surface area contributed by atoms with Crippen LogP contribution in [0.1, 0.15) is 25.3 Å². The summed E-state index contributed by atoms with van der Waals surface area (Å²) in [5.74, 6) is 2.71. The summed E-state index contributed by atoms with van der Waals surface area (Å²) in [4.78, 5) is 2.46. The Morgan fingerprint density at radius 3 is 2.00 bits per heavy atom. The van der Waals surface area contributed by atoms with E-state index in [4.69, 9.17) is 19.9 Å². The van der Waals surface area contributed by atoms with Gasteiger partial charge in [0.2, 0.25) is 5.75 Å². The molecule has 0 bridgehead atoms. The first-order valence-electron chi connectivity index (χ1n) is 7.85. The largest absolute Gasteiger partial charge is 0.493 e. The molecule has 1 aromatic carbocycles. The van der Waals surface area contributed by atoms with Crippen LogP contribution in [0.25, 0.3) is 0 Å². The third-order valence-electron chi connectivity index (χ3n) is 4.51. The molecule has 1 atom stereocenters. The molecule has 1 heterocycles. The minimum absolute atomic E-state index is 0. The highest BCUT2D eigenvalue weighted by molar-refractivity contribution is 5.85. The molecule has 0 aliphatic carbocycles. The van der Waals surface area contributed by atoms with Gasteiger partial charge in [-0.2, -0.15) is 0 Å². The highest BCUT2D eigenvalue weighted by Crippen LogP contribution is 2.38. The Balaban J connectivity index is 0.00000264. The highest BCUT2D eigenvalue weighted by atomic mass is 35.5. The molecule has 132 valence electrons. The van der Waals surface area contributed by atoms with E-state index in [2.05, 4.69) is 11.8 Å². The fourth-order valence-corrected chi connectivity index (χ4v) is 3.12. The minimum Gasteiger partial charge on any atom is -0.493 e. The van der Waals surface area contributed by atoms with Crippen molar-refractivity contribution < 1.29 is 14.2 Å². The Labute approximate surface area is 145 Å². The maximum Gasteiger partial charge on any atom is 0.203 e. The predicted molar refractivity (Wildman–Crippen MR) is 95.0 cm³/mol. The van der Waals surface area contributed by atoms with Crippen molar-refractivity contribution in [1.29, 1.82) is 0 Å². The van der Waals surface area contributed by atoms with E-state index in [0.29, 0.717) is 29.2 Å². The van der Waals surface area contributed by atoms with E-state index in [0.717, 1.165) is 19.6 Å². The molecular formula is C17H29ClN2O3. The zero-order valence-corrected chi connectivity index (χ0v) is 15.3. The number of halogens is 1. The molecule has 23 heavy (non-hydrogen) atoms. The highest BCUT2D eigenvalue weighted by Gasteiger charge is 2.22. The summed E-state index contributed by atoms with van der Waals surface area (Å²) < 4.78 is 16.2. The first-order chi connectivity index (χ1) is 10.6. The van der Waals surface area contributed by atoms with Crippen molar-refractivity contribution in [3.8, 4) is 17.2 Å². The van der Waals surface area contributed by atoms with Gasteiger partial charge in [0.15, 0.2) is 11.5 Å². The Morgan fingerprint density at radius 1 is 1.09 bits per heavy atom. The average molecular weight is 345 g/mol. The summed E-state index contributed by atoms with van der Waals surface area (Å²) >= 11 is 0. The molecule has 2 N–H and O–H groups in total. The van der Waals surface area contributed by atoms with Crippen LogP contribution in [0.3, 0.4) is 0 Å². The molecule has 1 saturated heterocycles. The summed E-state index contributed by atoms with van der Waals surface area (Å²) in [6, 6.07) is 4.35. The van der Waals surface area contributed by atoms with Crippen LogP contribution in [-0.2, 0) is 6.54 Å². The van der Waals surface area contributed by atoms with E-state index in [1.807, 2.05) is 12.1 Å². The number of likely N-dealkylation sites (tertiary alicyclic amines) is 1. The number of hydrogen-bond donors (Lipinski definition) is 1. The fourth-order valence-electron chi connectivity index (χ4n) is 3.12. The van der Waals surface area contributed by atoms with Crippen molar-refractivity contribution in [3.05, 3.63) is 17.7 Å². The van der Waals surface area contributed by atoms with Gasteiger partial charge in [-0.3, -0.25) is 4.90 Å². The molecule has 1 aliphatic heterocycles. The Hall–Kier alpha value is -1.17. The van der Waals surface area contributed by atoms with Crippen LogP contribution in [-0.4, -0.2) is 45.4 Å². The van der Waals surface area contributed by atoms with E-state index in [1.165, 1.54) is 18.4 Å². The topological polar surface area (TPSA) is 57.0 Å². The van der Waals surface area contributed by atoms with Crippen molar-refractivity contribution in [2.75, 3.05) is 34.4 Å². The number of hydrogen-bond acceptors (Lipinski definition) is 5. The third kappa shape index (κ3) is 4.90. The lowest BCUT2D eigenvalue weighted by Gasteiger charge is -2.33. The van der Waals surface area contributed by atoms with Crippen LogP contribution in [0.2, 0.25) is 0 Å². The molecule has 0 spiro atoms.